The second kappa shape index (κ2) is 12.1. The van der Waals surface area contributed by atoms with E-state index in [-0.39, 0.29) is 11.0 Å². The van der Waals surface area contributed by atoms with Gasteiger partial charge in [0.1, 0.15) is 0 Å². The molecule has 0 bridgehead atoms. The van der Waals surface area contributed by atoms with Gasteiger partial charge in [-0.2, -0.15) is 0 Å². The summed E-state index contributed by atoms with van der Waals surface area (Å²) in [5.74, 6) is 0. The van der Waals surface area contributed by atoms with Crippen LogP contribution in [0, 0.1) is 0 Å². The lowest BCUT2D eigenvalue weighted by molar-refractivity contribution is 0.323. The summed E-state index contributed by atoms with van der Waals surface area (Å²) in [6.07, 6.45) is 2.49. The smallest absolute Gasteiger partial charge is 0.000968 e. The monoisotopic (exact) mass is 205 g/mol. The van der Waals surface area contributed by atoms with E-state index in [0.29, 0.717) is 0 Å². The van der Waals surface area contributed by atoms with Gasteiger partial charge in [-0.25, -0.2) is 0 Å². The van der Waals surface area contributed by atoms with E-state index < -0.39 is 0 Å². The van der Waals surface area contributed by atoms with Gasteiger partial charge in [-0.15, -0.1) is 0 Å². The summed E-state index contributed by atoms with van der Waals surface area (Å²) in [4.78, 5) is 2.38. The standard InChI is InChI=1S/C9H23N3.H4Si/c1-10-6-4-8-12(3)9-5-7-11-2;/h10-11H,4-9H2,1-3H3;1H4. The molecule has 0 saturated carbocycles. The number of rotatable bonds is 8. The molecule has 0 atom stereocenters. The van der Waals surface area contributed by atoms with Crippen molar-refractivity contribution in [2.75, 3.05) is 47.3 Å². The van der Waals surface area contributed by atoms with Crippen molar-refractivity contribution < 1.29 is 0 Å². The summed E-state index contributed by atoms with van der Waals surface area (Å²) in [6, 6.07) is 0. The third kappa shape index (κ3) is 12.1. The van der Waals surface area contributed by atoms with Crippen molar-refractivity contribution in [3.63, 3.8) is 0 Å². The van der Waals surface area contributed by atoms with Crippen LogP contribution in [0.1, 0.15) is 12.8 Å². The molecule has 0 aromatic heterocycles. The van der Waals surface area contributed by atoms with Crippen LogP contribution in [0.5, 0.6) is 0 Å². The van der Waals surface area contributed by atoms with Crippen LogP contribution >= 0.6 is 0 Å². The highest BCUT2D eigenvalue weighted by Crippen LogP contribution is 1.88. The second-order valence-electron chi connectivity index (χ2n) is 3.22. The van der Waals surface area contributed by atoms with E-state index in [0.717, 1.165) is 13.1 Å². The minimum Gasteiger partial charge on any atom is -0.320 e. The molecule has 0 fully saturated rings. The summed E-state index contributed by atoms with van der Waals surface area (Å²) in [5.41, 5.74) is 0. The van der Waals surface area contributed by atoms with Gasteiger partial charge in [0.2, 0.25) is 0 Å². The molecule has 0 rings (SSSR count). The number of nitrogens with zero attached hydrogens (tertiary/aromatic N) is 1. The van der Waals surface area contributed by atoms with Crippen molar-refractivity contribution in [2.45, 2.75) is 12.8 Å². The lowest BCUT2D eigenvalue weighted by atomic mass is 10.3. The molecule has 0 unspecified atom stereocenters. The highest BCUT2D eigenvalue weighted by atomic mass is 28.1. The average molecular weight is 205 g/mol. The molecule has 4 heteroatoms. The zero-order chi connectivity index (χ0) is 9.23. The maximum absolute atomic E-state index is 3.15. The highest BCUT2D eigenvalue weighted by molar-refractivity contribution is 5.75. The Labute approximate surface area is 87.3 Å². The van der Waals surface area contributed by atoms with Gasteiger partial charge in [-0.05, 0) is 71.1 Å². The van der Waals surface area contributed by atoms with Gasteiger partial charge in [0.25, 0.3) is 0 Å². The molecular formula is C9H27N3Si. The molecule has 0 aliphatic carbocycles. The van der Waals surface area contributed by atoms with Gasteiger partial charge in [0, 0.05) is 0 Å². The van der Waals surface area contributed by atoms with Gasteiger partial charge in [-0.3, -0.25) is 0 Å². The minimum absolute atomic E-state index is 0. The Kier molecular flexibility index (Phi) is 14.5. The van der Waals surface area contributed by atoms with Crippen LogP contribution in [0.2, 0.25) is 0 Å². The molecule has 3 nitrogen and oxygen atoms in total. The molecule has 2 N–H and O–H groups in total. The third-order valence-electron chi connectivity index (χ3n) is 1.93. The molecular weight excluding hydrogens is 178 g/mol. The molecule has 0 radical (unpaired) electrons. The Morgan fingerprint density at radius 2 is 1.31 bits per heavy atom. The molecule has 0 aliphatic rings. The van der Waals surface area contributed by atoms with Crippen LogP contribution in [-0.4, -0.2) is 63.2 Å². The molecule has 0 aromatic carbocycles. The van der Waals surface area contributed by atoms with E-state index in [4.69, 9.17) is 0 Å². The largest absolute Gasteiger partial charge is 0.320 e. The van der Waals surface area contributed by atoms with E-state index in [1.165, 1.54) is 25.9 Å². The fourth-order valence-corrected chi connectivity index (χ4v) is 1.16. The van der Waals surface area contributed by atoms with E-state index in [9.17, 15) is 0 Å². The zero-order valence-corrected chi connectivity index (χ0v) is 8.69. The number of hydrogen-bond acceptors (Lipinski definition) is 3. The van der Waals surface area contributed by atoms with Crippen molar-refractivity contribution in [1.82, 2.24) is 15.5 Å². The Balaban J connectivity index is 0. The van der Waals surface area contributed by atoms with Gasteiger partial charge < -0.3 is 15.5 Å². The first-order valence-corrected chi connectivity index (χ1v) is 4.79. The van der Waals surface area contributed by atoms with Crippen LogP contribution in [-0.2, 0) is 0 Å². The van der Waals surface area contributed by atoms with Crippen molar-refractivity contribution >= 4 is 11.0 Å². The lowest BCUT2D eigenvalue weighted by Gasteiger charge is -2.15. The predicted octanol–water partition coefficient (Wildman–Crippen LogP) is -1.31. The van der Waals surface area contributed by atoms with E-state index in [2.05, 4.69) is 22.6 Å². The van der Waals surface area contributed by atoms with Gasteiger partial charge in [0.05, 0.1) is 0 Å². The summed E-state index contributed by atoms with van der Waals surface area (Å²) < 4.78 is 0. The average Bonchev–Trinajstić information content (AvgIpc) is 2.06. The first-order chi connectivity index (χ1) is 5.81. The predicted molar refractivity (Wildman–Crippen MR) is 65.9 cm³/mol. The topological polar surface area (TPSA) is 27.3 Å². The molecule has 0 heterocycles. The van der Waals surface area contributed by atoms with Crippen molar-refractivity contribution in [1.29, 1.82) is 0 Å². The first kappa shape index (κ1) is 15.6. The van der Waals surface area contributed by atoms with Crippen LogP contribution in [0.3, 0.4) is 0 Å². The van der Waals surface area contributed by atoms with Gasteiger partial charge in [-0.1, -0.05) is 0 Å². The summed E-state index contributed by atoms with van der Waals surface area (Å²) in [7, 11) is 6.19. The molecule has 82 valence electrons. The van der Waals surface area contributed by atoms with E-state index >= 15 is 0 Å². The zero-order valence-electron chi connectivity index (χ0n) is 8.69. The van der Waals surface area contributed by atoms with Crippen LogP contribution in [0.4, 0.5) is 0 Å². The third-order valence-corrected chi connectivity index (χ3v) is 1.93. The molecule has 13 heavy (non-hydrogen) atoms. The molecule has 0 aliphatic heterocycles. The fourth-order valence-electron chi connectivity index (χ4n) is 1.16. The maximum Gasteiger partial charge on any atom is -0.000968 e. The van der Waals surface area contributed by atoms with E-state index in [1.807, 2.05) is 14.1 Å². The highest BCUT2D eigenvalue weighted by Gasteiger charge is 1.95. The maximum atomic E-state index is 3.15. The summed E-state index contributed by atoms with van der Waals surface area (Å²) in [5, 5.41) is 6.30. The second-order valence-corrected chi connectivity index (χ2v) is 3.22. The van der Waals surface area contributed by atoms with Gasteiger partial charge in [0.15, 0.2) is 0 Å². The number of nitrogens with one attached hydrogen (secondary N) is 2. The molecule has 0 aromatic rings. The minimum atomic E-state index is 0. The molecule has 0 spiro atoms. The first-order valence-electron chi connectivity index (χ1n) is 4.79. The summed E-state index contributed by atoms with van der Waals surface area (Å²) in [6.45, 7) is 4.64. The molecule has 0 saturated heterocycles. The Bertz CT molecular complexity index is 80.9. The summed E-state index contributed by atoms with van der Waals surface area (Å²) >= 11 is 0. The normalized spacial score (nSPS) is 10.2. The van der Waals surface area contributed by atoms with Crippen LogP contribution < -0.4 is 10.6 Å². The van der Waals surface area contributed by atoms with Crippen molar-refractivity contribution in [2.24, 2.45) is 0 Å². The Morgan fingerprint density at radius 3 is 1.62 bits per heavy atom. The van der Waals surface area contributed by atoms with Gasteiger partial charge >= 0.3 is 0 Å². The Morgan fingerprint density at radius 1 is 0.923 bits per heavy atom. The Hall–Kier alpha value is 0.0969. The van der Waals surface area contributed by atoms with Crippen LogP contribution in [0.25, 0.3) is 0 Å². The SMILES string of the molecule is CNCCCN(C)CCCNC.[SiH4]. The molecule has 0 amide bonds. The van der Waals surface area contributed by atoms with Crippen molar-refractivity contribution in [3.8, 4) is 0 Å². The quantitative estimate of drug-likeness (QED) is 0.380. The number of hydrogen-bond donors (Lipinski definition) is 2. The van der Waals surface area contributed by atoms with Crippen LogP contribution in [0.15, 0.2) is 0 Å². The van der Waals surface area contributed by atoms with Crippen molar-refractivity contribution in [3.05, 3.63) is 0 Å². The fraction of sp³-hybridized carbons (Fsp3) is 1.00. The van der Waals surface area contributed by atoms with E-state index in [1.54, 1.807) is 0 Å². The lowest BCUT2D eigenvalue weighted by Crippen LogP contribution is -2.25.